The fourth-order valence-electron chi connectivity index (χ4n) is 1.50. The highest BCUT2D eigenvalue weighted by molar-refractivity contribution is 5.88. The van der Waals surface area contributed by atoms with Crippen LogP contribution < -0.4 is 4.74 Å². The highest BCUT2D eigenvalue weighted by Gasteiger charge is 2.20. The third-order valence-electron chi connectivity index (χ3n) is 2.42. The highest BCUT2D eigenvalue weighted by Crippen LogP contribution is 2.29. The minimum Gasteiger partial charge on any atom is -0.467 e. The Balaban J connectivity index is 3.02. The number of aliphatic hydroxyl groups is 1. The lowest BCUT2D eigenvalue weighted by atomic mass is 10.1. The normalized spacial score (nSPS) is 11.0. The Labute approximate surface area is 126 Å². The number of aliphatic hydroxyl groups excluding tert-OH is 1. The minimum atomic E-state index is -1.50. The van der Waals surface area contributed by atoms with Crippen LogP contribution in [0.2, 0.25) is 0 Å². The molecule has 1 aromatic carbocycles. The summed E-state index contributed by atoms with van der Waals surface area (Å²) in [7, 11) is 1.41. The number of nitro benzene ring substituents is 1. The van der Waals surface area contributed by atoms with Crippen molar-refractivity contribution in [2.75, 3.05) is 20.5 Å². The summed E-state index contributed by atoms with van der Waals surface area (Å²) < 4.78 is 14.4. The van der Waals surface area contributed by atoms with Gasteiger partial charge in [0.1, 0.15) is 11.9 Å². The summed E-state index contributed by atoms with van der Waals surface area (Å²) in [5.41, 5.74) is -0.425. The largest absolute Gasteiger partial charge is 0.467 e. The fraction of sp³-hybridized carbons (Fsp3) is 0.357. The first-order valence-electron chi connectivity index (χ1n) is 6.26. The van der Waals surface area contributed by atoms with Crippen LogP contribution in [-0.2, 0) is 14.3 Å². The summed E-state index contributed by atoms with van der Waals surface area (Å²) in [6, 6.07) is 3.87. The van der Waals surface area contributed by atoms with E-state index in [9.17, 15) is 20.0 Å². The Morgan fingerprint density at radius 1 is 1.50 bits per heavy atom. The number of benzene rings is 1. The number of nitro groups is 1. The standard InChI is InChI=1S/C14H15NO7/c1-3-21-14(17)7-6-13(16)11-5-4-10(22-9-20-2)8-12(11)15(18)19/h4-5,8,13,16H,3,9H2,1-2H3. The maximum Gasteiger partial charge on any atom is 0.384 e. The second kappa shape index (κ2) is 8.61. The van der Waals surface area contributed by atoms with Crippen LogP contribution in [0.4, 0.5) is 5.69 Å². The van der Waals surface area contributed by atoms with E-state index in [0.29, 0.717) is 0 Å². The van der Waals surface area contributed by atoms with Crippen molar-refractivity contribution in [3.8, 4) is 17.6 Å². The maximum absolute atomic E-state index is 11.1. The molecule has 0 aliphatic heterocycles. The van der Waals surface area contributed by atoms with E-state index in [4.69, 9.17) is 9.47 Å². The van der Waals surface area contributed by atoms with Crippen LogP contribution in [0.15, 0.2) is 18.2 Å². The number of esters is 1. The number of carbonyl (C=O) groups is 1. The molecule has 1 aromatic rings. The van der Waals surface area contributed by atoms with Gasteiger partial charge in [-0.3, -0.25) is 10.1 Å². The van der Waals surface area contributed by atoms with Gasteiger partial charge in [0.2, 0.25) is 0 Å². The zero-order valence-corrected chi connectivity index (χ0v) is 12.1. The van der Waals surface area contributed by atoms with Crippen molar-refractivity contribution in [2.45, 2.75) is 13.0 Å². The predicted octanol–water partition coefficient (Wildman–Crippen LogP) is 1.18. The average Bonchev–Trinajstić information content (AvgIpc) is 2.50. The fourth-order valence-corrected chi connectivity index (χ4v) is 1.50. The summed E-state index contributed by atoms with van der Waals surface area (Å²) in [4.78, 5) is 21.5. The van der Waals surface area contributed by atoms with Crippen LogP contribution in [-0.4, -0.2) is 36.5 Å². The average molecular weight is 309 g/mol. The van der Waals surface area contributed by atoms with Gasteiger partial charge >= 0.3 is 5.97 Å². The van der Waals surface area contributed by atoms with Crippen molar-refractivity contribution in [3.63, 3.8) is 0 Å². The van der Waals surface area contributed by atoms with Crippen LogP contribution in [0.5, 0.6) is 5.75 Å². The monoisotopic (exact) mass is 309 g/mol. The molecule has 0 spiro atoms. The van der Waals surface area contributed by atoms with Crippen LogP contribution >= 0.6 is 0 Å². The van der Waals surface area contributed by atoms with Gasteiger partial charge < -0.3 is 19.3 Å². The van der Waals surface area contributed by atoms with Gasteiger partial charge in [-0.15, -0.1) is 0 Å². The van der Waals surface area contributed by atoms with Crippen molar-refractivity contribution in [2.24, 2.45) is 0 Å². The van der Waals surface area contributed by atoms with Crippen LogP contribution in [0.3, 0.4) is 0 Å². The van der Waals surface area contributed by atoms with E-state index in [-0.39, 0.29) is 30.4 Å². The lowest BCUT2D eigenvalue weighted by Gasteiger charge is -2.08. The van der Waals surface area contributed by atoms with Crippen LogP contribution in [0, 0.1) is 22.0 Å². The van der Waals surface area contributed by atoms with E-state index in [1.165, 1.54) is 19.2 Å². The number of methoxy groups -OCH3 is 1. The second-order valence-corrected chi connectivity index (χ2v) is 3.92. The Kier molecular flexibility index (Phi) is 6.82. The van der Waals surface area contributed by atoms with Gasteiger partial charge in [-0.1, -0.05) is 5.92 Å². The first-order valence-corrected chi connectivity index (χ1v) is 6.26. The number of nitrogens with zero attached hydrogens (tertiary/aromatic N) is 1. The molecule has 0 radical (unpaired) electrons. The van der Waals surface area contributed by atoms with E-state index < -0.39 is 17.0 Å². The summed E-state index contributed by atoms with van der Waals surface area (Å²) in [6.07, 6.45) is -1.50. The molecular weight excluding hydrogens is 294 g/mol. The summed E-state index contributed by atoms with van der Waals surface area (Å²) in [6.45, 7) is 1.69. The first-order chi connectivity index (χ1) is 10.5. The zero-order chi connectivity index (χ0) is 16.5. The molecule has 0 aliphatic carbocycles. The summed E-state index contributed by atoms with van der Waals surface area (Å²) >= 11 is 0. The van der Waals surface area contributed by atoms with Crippen molar-refractivity contribution >= 4 is 11.7 Å². The summed E-state index contributed by atoms with van der Waals surface area (Å²) in [5.74, 6) is 3.66. The lowest BCUT2D eigenvalue weighted by Crippen LogP contribution is -2.05. The molecule has 1 unspecified atom stereocenters. The van der Waals surface area contributed by atoms with Gasteiger partial charge in [-0.25, -0.2) is 4.79 Å². The smallest absolute Gasteiger partial charge is 0.384 e. The molecule has 0 fully saturated rings. The number of hydrogen-bond acceptors (Lipinski definition) is 7. The zero-order valence-electron chi connectivity index (χ0n) is 12.1. The number of hydrogen-bond donors (Lipinski definition) is 1. The molecule has 1 atom stereocenters. The van der Waals surface area contributed by atoms with Crippen molar-refractivity contribution in [1.29, 1.82) is 0 Å². The number of carbonyl (C=O) groups excluding carboxylic acids is 1. The molecule has 118 valence electrons. The quantitative estimate of drug-likeness (QED) is 0.210. The van der Waals surface area contributed by atoms with Crippen molar-refractivity contribution in [1.82, 2.24) is 0 Å². The molecule has 0 saturated carbocycles. The first kappa shape index (κ1) is 17.4. The molecule has 0 heterocycles. The minimum absolute atomic E-state index is 0.0495. The predicted molar refractivity (Wildman–Crippen MR) is 75.0 cm³/mol. The molecule has 0 aliphatic rings. The van der Waals surface area contributed by atoms with Crippen LogP contribution in [0.25, 0.3) is 0 Å². The van der Waals surface area contributed by atoms with E-state index in [1.54, 1.807) is 6.92 Å². The molecular formula is C14H15NO7. The molecule has 8 nitrogen and oxygen atoms in total. The van der Waals surface area contributed by atoms with Crippen LogP contribution in [0.1, 0.15) is 18.6 Å². The van der Waals surface area contributed by atoms with E-state index in [0.717, 1.165) is 6.07 Å². The third-order valence-corrected chi connectivity index (χ3v) is 2.42. The molecule has 0 bridgehead atoms. The van der Waals surface area contributed by atoms with Crippen molar-refractivity contribution in [3.05, 3.63) is 33.9 Å². The Bertz CT molecular complexity index is 603. The SMILES string of the molecule is CCOC(=O)C#CC(O)c1ccc(OCOC)cc1[N+](=O)[O-]. The van der Waals surface area contributed by atoms with Crippen molar-refractivity contribution < 1.29 is 29.0 Å². The molecule has 0 saturated heterocycles. The molecule has 0 aromatic heterocycles. The highest BCUT2D eigenvalue weighted by atomic mass is 16.7. The Morgan fingerprint density at radius 2 is 2.23 bits per heavy atom. The van der Waals surface area contributed by atoms with Gasteiger partial charge in [0.05, 0.1) is 23.2 Å². The van der Waals surface area contributed by atoms with Gasteiger partial charge in [-0.2, -0.15) is 0 Å². The number of rotatable bonds is 6. The lowest BCUT2D eigenvalue weighted by molar-refractivity contribution is -0.386. The van der Waals surface area contributed by atoms with Gasteiger partial charge in [0.25, 0.3) is 5.69 Å². The maximum atomic E-state index is 11.1. The van der Waals surface area contributed by atoms with Gasteiger partial charge in [-0.05, 0) is 19.1 Å². The van der Waals surface area contributed by atoms with E-state index in [2.05, 4.69) is 16.6 Å². The Hall–Kier alpha value is -2.63. The van der Waals surface area contributed by atoms with E-state index >= 15 is 0 Å². The molecule has 1 rings (SSSR count). The van der Waals surface area contributed by atoms with E-state index in [1.807, 2.05) is 0 Å². The third kappa shape index (κ3) is 5.05. The molecule has 1 N–H and O–H groups in total. The van der Waals surface area contributed by atoms with Gasteiger partial charge in [0.15, 0.2) is 6.79 Å². The second-order valence-electron chi connectivity index (χ2n) is 3.92. The summed E-state index contributed by atoms with van der Waals surface area (Å²) in [5, 5.41) is 20.9. The molecule has 8 heteroatoms. The number of ether oxygens (including phenoxy) is 3. The topological polar surface area (TPSA) is 108 Å². The molecule has 0 amide bonds. The van der Waals surface area contributed by atoms with Gasteiger partial charge in [0, 0.05) is 13.0 Å². The molecule has 22 heavy (non-hydrogen) atoms. The Morgan fingerprint density at radius 3 is 2.82 bits per heavy atom.